The lowest BCUT2D eigenvalue weighted by atomic mass is 9.78. The van der Waals surface area contributed by atoms with Crippen LogP contribution in [0, 0.1) is 11.3 Å². The van der Waals surface area contributed by atoms with Crippen molar-refractivity contribution >= 4 is 29.9 Å². The monoisotopic (exact) mass is 455 g/mol. The maximum Gasteiger partial charge on any atom is 0.191 e. The Morgan fingerprint density at radius 2 is 2.00 bits per heavy atom. The molecule has 24 heavy (non-hydrogen) atoms. The van der Waals surface area contributed by atoms with Crippen molar-refractivity contribution in [2.75, 3.05) is 39.5 Å². The van der Waals surface area contributed by atoms with Gasteiger partial charge < -0.3 is 20.1 Å². The van der Waals surface area contributed by atoms with Crippen molar-refractivity contribution in [3.05, 3.63) is 0 Å². The number of ether oxygens (including phenoxy) is 2. The molecule has 2 N–H and O–H groups in total. The first-order valence-electron chi connectivity index (χ1n) is 9.20. The minimum absolute atomic E-state index is 0. The minimum Gasteiger partial charge on any atom is -0.382 e. The molecule has 0 spiro atoms. The van der Waals surface area contributed by atoms with Crippen molar-refractivity contribution in [1.82, 2.24) is 10.6 Å². The predicted molar refractivity (Wildman–Crippen MR) is 112 cm³/mol. The second kappa shape index (κ2) is 13.2. The topological polar surface area (TPSA) is 54.9 Å². The van der Waals surface area contributed by atoms with Crippen LogP contribution in [0.25, 0.3) is 0 Å². The van der Waals surface area contributed by atoms with Gasteiger partial charge in [-0.1, -0.05) is 20.8 Å². The minimum atomic E-state index is 0. The van der Waals surface area contributed by atoms with Crippen LogP contribution in [-0.2, 0) is 9.47 Å². The van der Waals surface area contributed by atoms with Gasteiger partial charge >= 0.3 is 0 Å². The number of guanidine groups is 1. The zero-order valence-electron chi connectivity index (χ0n) is 16.2. The van der Waals surface area contributed by atoms with Gasteiger partial charge in [-0.15, -0.1) is 24.0 Å². The molecule has 0 amide bonds. The van der Waals surface area contributed by atoms with Crippen LogP contribution in [0.1, 0.15) is 53.9 Å². The Bertz CT molecular complexity index is 346. The highest BCUT2D eigenvalue weighted by Crippen LogP contribution is 2.34. The summed E-state index contributed by atoms with van der Waals surface area (Å²) in [4.78, 5) is 4.79. The van der Waals surface area contributed by atoms with Gasteiger partial charge in [0.05, 0.1) is 6.10 Å². The van der Waals surface area contributed by atoms with Crippen LogP contribution >= 0.6 is 24.0 Å². The molecule has 1 aliphatic heterocycles. The molecule has 0 saturated carbocycles. The number of nitrogens with one attached hydrogen (secondary N) is 2. The Morgan fingerprint density at radius 1 is 1.25 bits per heavy atom. The van der Waals surface area contributed by atoms with E-state index >= 15 is 0 Å². The highest BCUT2D eigenvalue weighted by atomic mass is 127. The van der Waals surface area contributed by atoms with Gasteiger partial charge in [-0.2, -0.15) is 0 Å². The van der Waals surface area contributed by atoms with Crippen LogP contribution in [0.3, 0.4) is 0 Å². The van der Waals surface area contributed by atoms with Gasteiger partial charge in [0.2, 0.25) is 0 Å². The second-order valence-electron chi connectivity index (χ2n) is 7.26. The molecule has 2 unspecified atom stereocenters. The van der Waals surface area contributed by atoms with Gasteiger partial charge in [-0.3, -0.25) is 4.99 Å². The molecule has 0 aromatic carbocycles. The van der Waals surface area contributed by atoms with Crippen molar-refractivity contribution in [2.24, 2.45) is 16.3 Å². The molecule has 144 valence electrons. The van der Waals surface area contributed by atoms with E-state index < -0.39 is 0 Å². The highest BCUT2D eigenvalue weighted by molar-refractivity contribution is 14.0. The van der Waals surface area contributed by atoms with E-state index in [2.05, 4.69) is 38.3 Å². The van der Waals surface area contributed by atoms with Crippen molar-refractivity contribution in [3.8, 4) is 0 Å². The van der Waals surface area contributed by atoms with Crippen molar-refractivity contribution in [3.63, 3.8) is 0 Å². The molecule has 0 aliphatic carbocycles. The third kappa shape index (κ3) is 9.42. The third-order valence-corrected chi connectivity index (χ3v) is 4.09. The predicted octanol–water partition coefficient (Wildman–Crippen LogP) is 3.43. The van der Waals surface area contributed by atoms with Gasteiger partial charge in [-0.05, 0) is 38.5 Å². The fraction of sp³-hybridized carbons (Fsp3) is 0.944. The van der Waals surface area contributed by atoms with E-state index in [9.17, 15) is 0 Å². The normalized spacial score (nSPS) is 22.0. The standard InChI is InChI=1S/C18H37N3O2.HI/c1-6-19-17(20-11-9-12-22-7-2)21-14-15-10-8-13-23-16(15)18(3,4)5;/h15-16H,6-14H2,1-5H3,(H2,19,20,21);1H. The highest BCUT2D eigenvalue weighted by Gasteiger charge is 2.35. The van der Waals surface area contributed by atoms with Crippen LogP contribution in [0.4, 0.5) is 0 Å². The molecule has 0 bridgehead atoms. The summed E-state index contributed by atoms with van der Waals surface area (Å²) in [5.41, 5.74) is 0.171. The fourth-order valence-electron chi connectivity index (χ4n) is 3.06. The average Bonchev–Trinajstić information content (AvgIpc) is 2.51. The Kier molecular flexibility index (Phi) is 13.1. The summed E-state index contributed by atoms with van der Waals surface area (Å²) in [6.45, 7) is 16.0. The van der Waals surface area contributed by atoms with Crippen LogP contribution in [0.15, 0.2) is 4.99 Å². The zero-order valence-corrected chi connectivity index (χ0v) is 18.5. The number of hydrogen-bond donors (Lipinski definition) is 2. The summed E-state index contributed by atoms with van der Waals surface area (Å²) in [6.07, 6.45) is 3.64. The van der Waals surface area contributed by atoms with Crippen molar-refractivity contribution in [2.45, 2.75) is 60.0 Å². The first-order valence-corrected chi connectivity index (χ1v) is 9.20. The Morgan fingerprint density at radius 3 is 2.62 bits per heavy atom. The van der Waals surface area contributed by atoms with Crippen molar-refractivity contribution in [1.29, 1.82) is 0 Å². The maximum atomic E-state index is 6.05. The smallest absolute Gasteiger partial charge is 0.191 e. The summed E-state index contributed by atoms with van der Waals surface area (Å²) < 4.78 is 11.4. The van der Waals surface area contributed by atoms with Crippen molar-refractivity contribution < 1.29 is 9.47 Å². The molecule has 0 aromatic heterocycles. The molecule has 5 nitrogen and oxygen atoms in total. The molecule has 1 rings (SSSR count). The van der Waals surface area contributed by atoms with Gasteiger partial charge in [0.1, 0.15) is 0 Å². The summed E-state index contributed by atoms with van der Waals surface area (Å²) in [7, 11) is 0. The lowest BCUT2D eigenvalue weighted by Gasteiger charge is -2.39. The lowest BCUT2D eigenvalue weighted by molar-refractivity contribution is -0.0823. The van der Waals surface area contributed by atoms with E-state index in [4.69, 9.17) is 14.5 Å². The van der Waals surface area contributed by atoms with E-state index in [1.54, 1.807) is 0 Å². The number of hydrogen-bond acceptors (Lipinski definition) is 3. The molecular weight excluding hydrogens is 417 g/mol. The lowest BCUT2D eigenvalue weighted by Crippen LogP contribution is -2.43. The Balaban J connectivity index is 0.00000529. The molecule has 0 radical (unpaired) electrons. The van der Waals surface area contributed by atoms with Crippen LogP contribution in [0.2, 0.25) is 0 Å². The van der Waals surface area contributed by atoms with E-state index in [1.165, 1.54) is 6.42 Å². The van der Waals surface area contributed by atoms with Gasteiger partial charge in [0.25, 0.3) is 0 Å². The molecule has 2 atom stereocenters. The summed E-state index contributed by atoms with van der Waals surface area (Å²) in [5.74, 6) is 1.41. The molecular formula is C18H38IN3O2. The largest absolute Gasteiger partial charge is 0.382 e. The second-order valence-corrected chi connectivity index (χ2v) is 7.26. The maximum absolute atomic E-state index is 6.05. The Hall–Kier alpha value is -0.0800. The molecule has 0 aromatic rings. The van der Waals surface area contributed by atoms with Crippen LogP contribution in [-0.4, -0.2) is 51.5 Å². The molecule has 1 aliphatic rings. The van der Waals surface area contributed by atoms with Crippen LogP contribution in [0.5, 0.6) is 0 Å². The first kappa shape index (κ1) is 23.9. The first-order chi connectivity index (χ1) is 11.0. The summed E-state index contributed by atoms with van der Waals surface area (Å²) >= 11 is 0. The quantitative estimate of drug-likeness (QED) is 0.255. The average molecular weight is 455 g/mol. The fourth-order valence-corrected chi connectivity index (χ4v) is 3.06. The van der Waals surface area contributed by atoms with Gasteiger partial charge in [0, 0.05) is 45.4 Å². The van der Waals surface area contributed by atoms with E-state index in [0.717, 1.165) is 58.3 Å². The number of nitrogens with zero attached hydrogens (tertiary/aromatic N) is 1. The number of halogens is 1. The molecule has 1 fully saturated rings. The molecule has 6 heteroatoms. The zero-order chi connectivity index (χ0) is 17.1. The van der Waals surface area contributed by atoms with E-state index in [1.807, 2.05) is 6.92 Å². The summed E-state index contributed by atoms with van der Waals surface area (Å²) in [6, 6.07) is 0. The van der Waals surface area contributed by atoms with Gasteiger partial charge in [-0.25, -0.2) is 0 Å². The third-order valence-electron chi connectivity index (χ3n) is 4.09. The number of aliphatic imine (C=N–C) groups is 1. The van der Waals surface area contributed by atoms with Gasteiger partial charge in [0.15, 0.2) is 5.96 Å². The SMILES string of the molecule is CCNC(=NCC1CCCOC1C(C)(C)C)NCCCOCC.I. The van der Waals surface area contributed by atoms with E-state index in [0.29, 0.717) is 12.0 Å². The van der Waals surface area contributed by atoms with Crippen LogP contribution < -0.4 is 10.6 Å². The summed E-state index contributed by atoms with van der Waals surface area (Å²) in [5, 5.41) is 6.71. The van der Waals surface area contributed by atoms with E-state index in [-0.39, 0.29) is 29.4 Å². The Labute approximate surface area is 165 Å². The molecule has 1 heterocycles. The molecule has 1 saturated heterocycles. The number of rotatable bonds is 8.